The van der Waals surface area contributed by atoms with Crippen LogP contribution in [0.2, 0.25) is 0 Å². The summed E-state index contributed by atoms with van der Waals surface area (Å²) in [6, 6.07) is 3.89. The minimum atomic E-state index is -1.17. The summed E-state index contributed by atoms with van der Waals surface area (Å²) in [7, 11) is 0. The van der Waals surface area contributed by atoms with Gasteiger partial charge in [0.1, 0.15) is 11.9 Å². The van der Waals surface area contributed by atoms with E-state index < -0.39 is 18.1 Å². The normalized spacial score (nSPS) is 14.4. The molecular formula is C10H13NO4S. The van der Waals surface area contributed by atoms with E-state index in [4.69, 9.17) is 5.73 Å². The second-order valence-corrected chi connectivity index (χ2v) is 3.70. The second kappa shape index (κ2) is 5.20. The molecule has 0 radical (unpaired) electrons. The van der Waals surface area contributed by atoms with Gasteiger partial charge in [-0.25, -0.2) is 0 Å². The van der Waals surface area contributed by atoms with E-state index in [-0.39, 0.29) is 17.1 Å². The highest BCUT2D eigenvalue weighted by atomic mass is 32.1. The molecule has 0 aliphatic rings. The number of amides is 1. The van der Waals surface area contributed by atoms with E-state index in [2.05, 4.69) is 12.6 Å². The van der Waals surface area contributed by atoms with E-state index in [1.807, 2.05) is 0 Å². The van der Waals surface area contributed by atoms with E-state index in [0.717, 1.165) is 0 Å². The van der Waals surface area contributed by atoms with Crippen LogP contribution in [0.15, 0.2) is 18.2 Å². The van der Waals surface area contributed by atoms with Crippen molar-refractivity contribution in [1.29, 1.82) is 0 Å². The first-order valence-corrected chi connectivity index (χ1v) is 5.20. The van der Waals surface area contributed by atoms with Gasteiger partial charge in [-0.2, -0.15) is 12.6 Å². The van der Waals surface area contributed by atoms with Gasteiger partial charge >= 0.3 is 0 Å². The minimum absolute atomic E-state index is 0.0773. The third kappa shape index (κ3) is 2.66. The van der Waals surface area contributed by atoms with Crippen LogP contribution in [0.3, 0.4) is 0 Å². The van der Waals surface area contributed by atoms with E-state index in [1.165, 1.54) is 18.2 Å². The van der Waals surface area contributed by atoms with Crippen molar-refractivity contribution < 1.29 is 20.1 Å². The van der Waals surface area contributed by atoms with E-state index >= 15 is 0 Å². The van der Waals surface area contributed by atoms with E-state index in [9.17, 15) is 20.1 Å². The molecule has 0 saturated carbocycles. The molecule has 0 aliphatic heterocycles. The Morgan fingerprint density at radius 1 is 1.44 bits per heavy atom. The Balaban J connectivity index is 3.07. The molecule has 1 amide bonds. The van der Waals surface area contributed by atoms with Crippen molar-refractivity contribution in [3.63, 3.8) is 0 Å². The number of carbonyl (C=O) groups excluding carboxylic acids is 1. The van der Waals surface area contributed by atoms with Crippen LogP contribution in [-0.2, 0) is 0 Å². The van der Waals surface area contributed by atoms with Gasteiger partial charge in [0.2, 0.25) is 0 Å². The van der Waals surface area contributed by atoms with Crippen molar-refractivity contribution in [3.8, 4) is 5.75 Å². The maximum Gasteiger partial charge on any atom is 0.252 e. The fourth-order valence-electron chi connectivity index (χ4n) is 1.26. The summed E-state index contributed by atoms with van der Waals surface area (Å²) in [4.78, 5) is 10.9. The lowest BCUT2D eigenvalue weighted by Gasteiger charge is -2.16. The Kier molecular flexibility index (Phi) is 4.17. The highest BCUT2D eigenvalue weighted by Crippen LogP contribution is 2.24. The number of hydrogen-bond acceptors (Lipinski definition) is 5. The first kappa shape index (κ1) is 12.8. The van der Waals surface area contributed by atoms with E-state index in [1.54, 1.807) is 0 Å². The molecule has 0 spiro atoms. The smallest absolute Gasteiger partial charge is 0.252 e. The summed E-state index contributed by atoms with van der Waals surface area (Å²) in [5.74, 6) is -0.982. The first-order valence-electron chi connectivity index (χ1n) is 4.57. The predicted molar refractivity (Wildman–Crippen MR) is 61.4 cm³/mol. The van der Waals surface area contributed by atoms with Gasteiger partial charge in [-0.15, -0.1) is 0 Å². The number of aliphatic hydroxyl groups excluding tert-OH is 2. The zero-order chi connectivity index (χ0) is 12.3. The van der Waals surface area contributed by atoms with Gasteiger partial charge in [-0.3, -0.25) is 4.79 Å². The quantitative estimate of drug-likeness (QED) is 0.473. The van der Waals surface area contributed by atoms with Crippen molar-refractivity contribution in [2.75, 3.05) is 5.75 Å². The molecule has 0 aromatic heterocycles. The predicted octanol–water partition coefficient (Wildman–Crippen LogP) is -0.185. The van der Waals surface area contributed by atoms with Gasteiger partial charge in [0, 0.05) is 5.75 Å². The van der Waals surface area contributed by atoms with Crippen molar-refractivity contribution >= 4 is 18.5 Å². The number of phenols is 1. The standard InChI is InChI=1S/C10H13NO4S/c11-10(15)6-3-5(1-2-7(6)12)9(14)8(13)4-16/h1-3,8-9,12-14,16H,4H2,(H2,11,15). The zero-order valence-electron chi connectivity index (χ0n) is 8.37. The van der Waals surface area contributed by atoms with Gasteiger partial charge in [-0.1, -0.05) is 6.07 Å². The van der Waals surface area contributed by atoms with Crippen LogP contribution in [0.25, 0.3) is 0 Å². The van der Waals surface area contributed by atoms with Crippen molar-refractivity contribution in [2.45, 2.75) is 12.2 Å². The van der Waals surface area contributed by atoms with Crippen molar-refractivity contribution in [3.05, 3.63) is 29.3 Å². The molecule has 5 N–H and O–H groups in total. The number of nitrogens with two attached hydrogens (primary N) is 1. The van der Waals surface area contributed by atoms with Gasteiger partial charge in [-0.05, 0) is 17.7 Å². The average Bonchev–Trinajstić information content (AvgIpc) is 2.27. The van der Waals surface area contributed by atoms with Gasteiger partial charge in [0.25, 0.3) is 5.91 Å². The molecule has 0 aliphatic carbocycles. The van der Waals surface area contributed by atoms with Crippen LogP contribution in [0.4, 0.5) is 0 Å². The molecular weight excluding hydrogens is 230 g/mol. The van der Waals surface area contributed by atoms with Gasteiger partial charge < -0.3 is 21.1 Å². The molecule has 88 valence electrons. The van der Waals surface area contributed by atoms with Gasteiger partial charge in [0.05, 0.1) is 11.7 Å². The van der Waals surface area contributed by atoms with Crippen LogP contribution in [0.1, 0.15) is 22.0 Å². The summed E-state index contributed by atoms with van der Waals surface area (Å²) < 4.78 is 0. The number of hydrogen-bond donors (Lipinski definition) is 5. The summed E-state index contributed by atoms with van der Waals surface area (Å²) in [6.07, 6.45) is -2.22. The molecule has 2 atom stereocenters. The van der Waals surface area contributed by atoms with Crippen LogP contribution in [0.5, 0.6) is 5.75 Å². The molecule has 0 fully saturated rings. The summed E-state index contributed by atoms with van der Waals surface area (Å²) in [5.41, 5.74) is 5.24. The fourth-order valence-corrected chi connectivity index (χ4v) is 1.46. The maximum absolute atomic E-state index is 10.9. The van der Waals surface area contributed by atoms with E-state index in [0.29, 0.717) is 5.56 Å². The lowest BCUT2D eigenvalue weighted by Crippen LogP contribution is -2.20. The molecule has 16 heavy (non-hydrogen) atoms. The maximum atomic E-state index is 10.9. The largest absolute Gasteiger partial charge is 0.507 e. The van der Waals surface area contributed by atoms with Crippen LogP contribution in [-0.4, -0.2) is 33.1 Å². The molecule has 2 unspecified atom stereocenters. The number of carbonyl (C=O) groups is 1. The number of primary amides is 1. The fraction of sp³-hybridized carbons (Fsp3) is 0.300. The molecule has 0 saturated heterocycles. The lowest BCUT2D eigenvalue weighted by molar-refractivity contribution is 0.0337. The SMILES string of the molecule is NC(=O)c1cc(C(O)C(O)CS)ccc1O. The van der Waals surface area contributed by atoms with Crippen molar-refractivity contribution in [2.24, 2.45) is 5.73 Å². The van der Waals surface area contributed by atoms with Gasteiger partial charge in [0.15, 0.2) is 0 Å². The molecule has 6 heteroatoms. The topological polar surface area (TPSA) is 104 Å². The molecule has 1 aromatic rings. The third-order valence-electron chi connectivity index (χ3n) is 2.18. The summed E-state index contributed by atoms with van der Waals surface area (Å²) >= 11 is 3.84. The second-order valence-electron chi connectivity index (χ2n) is 3.34. The Hall–Kier alpha value is -1.24. The number of rotatable bonds is 4. The Morgan fingerprint density at radius 3 is 2.56 bits per heavy atom. The lowest BCUT2D eigenvalue weighted by atomic mass is 10.0. The highest BCUT2D eigenvalue weighted by Gasteiger charge is 2.19. The Bertz CT molecular complexity index is 396. The molecule has 1 rings (SSSR count). The Labute approximate surface area is 97.9 Å². The number of aromatic hydroxyl groups is 1. The Morgan fingerprint density at radius 2 is 2.06 bits per heavy atom. The molecule has 5 nitrogen and oxygen atoms in total. The summed E-state index contributed by atoms with van der Waals surface area (Å²) in [6.45, 7) is 0. The third-order valence-corrected chi connectivity index (χ3v) is 2.55. The zero-order valence-corrected chi connectivity index (χ0v) is 9.26. The van der Waals surface area contributed by atoms with Crippen LogP contribution in [0, 0.1) is 0 Å². The van der Waals surface area contributed by atoms with Crippen LogP contribution >= 0.6 is 12.6 Å². The molecule has 0 heterocycles. The number of benzene rings is 1. The molecule has 0 bridgehead atoms. The first-order chi connectivity index (χ1) is 7.47. The monoisotopic (exact) mass is 243 g/mol. The molecule has 1 aromatic carbocycles. The summed E-state index contributed by atoms with van der Waals surface area (Å²) in [5, 5.41) is 28.4. The minimum Gasteiger partial charge on any atom is -0.507 e. The van der Waals surface area contributed by atoms with Crippen LogP contribution < -0.4 is 5.73 Å². The number of aliphatic hydroxyl groups is 2. The highest BCUT2D eigenvalue weighted by molar-refractivity contribution is 7.80. The number of thiol groups is 1. The van der Waals surface area contributed by atoms with Crippen molar-refractivity contribution in [1.82, 2.24) is 0 Å². The average molecular weight is 243 g/mol.